The van der Waals surface area contributed by atoms with E-state index in [-0.39, 0.29) is 23.6 Å². The molecule has 0 aliphatic rings. The lowest BCUT2D eigenvalue weighted by Crippen LogP contribution is -2.42. The van der Waals surface area contributed by atoms with Gasteiger partial charge in [-0.25, -0.2) is 0 Å². The lowest BCUT2D eigenvalue weighted by Gasteiger charge is -2.19. The SMILES string of the molecule is CC(C)C(CNC(=O)C(F)(F)F)C(=O)CBr. The van der Waals surface area contributed by atoms with Crippen molar-refractivity contribution in [3.8, 4) is 0 Å². The molecule has 0 aliphatic carbocycles. The molecule has 1 unspecified atom stereocenters. The van der Waals surface area contributed by atoms with E-state index in [1.54, 1.807) is 19.2 Å². The van der Waals surface area contributed by atoms with Crippen molar-refractivity contribution >= 4 is 27.6 Å². The Bertz CT molecular complexity index is 266. The number of amides is 1. The topological polar surface area (TPSA) is 46.2 Å². The minimum Gasteiger partial charge on any atom is -0.348 e. The van der Waals surface area contributed by atoms with Gasteiger partial charge in [-0.15, -0.1) is 0 Å². The molecular formula is C9H13BrF3NO2. The number of Topliss-reactive ketones (excluding diaryl/α,β-unsaturated/α-hetero) is 1. The van der Waals surface area contributed by atoms with Gasteiger partial charge in [0.05, 0.1) is 5.33 Å². The van der Waals surface area contributed by atoms with Crippen LogP contribution in [0.15, 0.2) is 0 Å². The van der Waals surface area contributed by atoms with Crippen LogP contribution in [0.4, 0.5) is 13.2 Å². The van der Waals surface area contributed by atoms with Crippen LogP contribution in [0.3, 0.4) is 0 Å². The van der Waals surface area contributed by atoms with Gasteiger partial charge in [-0.1, -0.05) is 29.8 Å². The van der Waals surface area contributed by atoms with E-state index < -0.39 is 18.0 Å². The number of halogens is 4. The highest BCUT2D eigenvalue weighted by atomic mass is 79.9. The molecule has 3 nitrogen and oxygen atoms in total. The van der Waals surface area contributed by atoms with E-state index in [0.717, 1.165) is 0 Å². The average molecular weight is 304 g/mol. The molecule has 7 heteroatoms. The monoisotopic (exact) mass is 303 g/mol. The number of hydrogen-bond donors (Lipinski definition) is 1. The molecule has 94 valence electrons. The standard InChI is InChI=1S/C9H13BrF3NO2/c1-5(2)6(7(15)3-10)4-14-8(16)9(11,12)13/h5-6H,3-4H2,1-2H3,(H,14,16). The van der Waals surface area contributed by atoms with Crippen molar-refractivity contribution < 1.29 is 22.8 Å². The van der Waals surface area contributed by atoms with Crippen LogP contribution in [-0.4, -0.2) is 29.7 Å². The smallest absolute Gasteiger partial charge is 0.348 e. The van der Waals surface area contributed by atoms with Crippen LogP contribution in [-0.2, 0) is 9.59 Å². The second-order valence-corrected chi connectivity index (χ2v) is 4.22. The second kappa shape index (κ2) is 6.22. The molecular weight excluding hydrogens is 291 g/mol. The van der Waals surface area contributed by atoms with Gasteiger partial charge < -0.3 is 5.32 Å². The summed E-state index contributed by atoms with van der Waals surface area (Å²) >= 11 is 2.95. The number of ketones is 1. The number of nitrogens with one attached hydrogen (secondary N) is 1. The zero-order valence-corrected chi connectivity index (χ0v) is 10.5. The Kier molecular flexibility index (Phi) is 5.99. The fraction of sp³-hybridized carbons (Fsp3) is 0.778. The van der Waals surface area contributed by atoms with Gasteiger partial charge in [-0.2, -0.15) is 13.2 Å². The highest BCUT2D eigenvalue weighted by Gasteiger charge is 2.39. The molecule has 0 radical (unpaired) electrons. The minimum absolute atomic E-state index is 0.0672. The third kappa shape index (κ3) is 4.96. The van der Waals surface area contributed by atoms with Crippen LogP contribution in [0.1, 0.15) is 13.8 Å². The summed E-state index contributed by atoms with van der Waals surface area (Å²) in [6, 6.07) is 0. The van der Waals surface area contributed by atoms with E-state index >= 15 is 0 Å². The Hall–Kier alpha value is -0.590. The van der Waals surface area contributed by atoms with Gasteiger partial charge in [0.15, 0.2) is 0 Å². The van der Waals surface area contributed by atoms with E-state index in [9.17, 15) is 22.8 Å². The van der Waals surface area contributed by atoms with Gasteiger partial charge in [0, 0.05) is 12.5 Å². The van der Waals surface area contributed by atoms with E-state index in [4.69, 9.17) is 0 Å². The molecule has 0 aromatic carbocycles. The first-order valence-electron chi connectivity index (χ1n) is 4.63. The Morgan fingerprint density at radius 1 is 1.31 bits per heavy atom. The summed E-state index contributed by atoms with van der Waals surface area (Å²) < 4.78 is 35.6. The van der Waals surface area contributed by atoms with Crippen LogP contribution in [0, 0.1) is 11.8 Å². The number of carbonyl (C=O) groups excluding carboxylic acids is 2. The van der Waals surface area contributed by atoms with Gasteiger partial charge in [0.25, 0.3) is 0 Å². The molecule has 0 spiro atoms. The molecule has 0 saturated carbocycles. The summed E-state index contributed by atoms with van der Waals surface area (Å²) in [4.78, 5) is 21.9. The van der Waals surface area contributed by atoms with E-state index in [1.165, 1.54) is 0 Å². The Morgan fingerprint density at radius 3 is 2.12 bits per heavy atom. The summed E-state index contributed by atoms with van der Waals surface area (Å²) in [6.45, 7) is 3.14. The zero-order chi connectivity index (χ0) is 12.9. The highest BCUT2D eigenvalue weighted by Crippen LogP contribution is 2.16. The lowest BCUT2D eigenvalue weighted by molar-refractivity contribution is -0.173. The molecule has 0 aromatic heterocycles. The van der Waals surface area contributed by atoms with Gasteiger partial charge in [-0.3, -0.25) is 9.59 Å². The quantitative estimate of drug-likeness (QED) is 0.789. The maximum Gasteiger partial charge on any atom is 0.471 e. The van der Waals surface area contributed by atoms with Crippen molar-refractivity contribution in [2.75, 3.05) is 11.9 Å². The first-order chi connectivity index (χ1) is 7.20. The van der Waals surface area contributed by atoms with Gasteiger partial charge in [0.2, 0.25) is 0 Å². The van der Waals surface area contributed by atoms with Crippen LogP contribution in [0.25, 0.3) is 0 Å². The van der Waals surface area contributed by atoms with E-state index in [2.05, 4.69) is 15.9 Å². The third-order valence-electron chi connectivity index (χ3n) is 2.09. The van der Waals surface area contributed by atoms with Crippen molar-refractivity contribution in [2.24, 2.45) is 11.8 Å². The Labute approximate surface area is 99.9 Å². The van der Waals surface area contributed by atoms with E-state index in [0.29, 0.717) is 0 Å². The minimum atomic E-state index is -4.90. The molecule has 1 N–H and O–H groups in total. The first kappa shape index (κ1) is 15.4. The summed E-state index contributed by atoms with van der Waals surface area (Å²) in [7, 11) is 0. The Balaban J connectivity index is 4.35. The lowest BCUT2D eigenvalue weighted by atomic mass is 9.92. The summed E-state index contributed by atoms with van der Waals surface area (Å²) in [6.07, 6.45) is -4.90. The number of carbonyl (C=O) groups is 2. The van der Waals surface area contributed by atoms with Crippen LogP contribution < -0.4 is 5.32 Å². The summed E-state index contributed by atoms with van der Waals surface area (Å²) in [5.41, 5.74) is 0. The van der Waals surface area contributed by atoms with Gasteiger partial charge in [0.1, 0.15) is 5.78 Å². The van der Waals surface area contributed by atoms with Crippen molar-refractivity contribution in [3.63, 3.8) is 0 Å². The van der Waals surface area contributed by atoms with Gasteiger partial charge >= 0.3 is 12.1 Å². The van der Waals surface area contributed by atoms with Crippen molar-refractivity contribution in [3.05, 3.63) is 0 Å². The molecule has 0 aliphatic heterocycles. The first-order valence-corrected chi connectivity index (χ1v) is 5.76. The Morgan fingerprint density at radius 2 is 1.81 bits per heavy atom. The number of alkyl halides is 4. The normalized spacial score (nSPS) is 13.7. The van der Waals surface area contributed by atoms with Crippen molar-refractivity contribution in [1.82, 2.24) is 5.32 Å². The molecule has 0 heterocycles. The molecule has 0 bridgehead atoms. The largest absolute Gasteiger partial charge is 0.471 e. The zero-order valence-electron chi connectivity index (χ0n) is 8.90. The molecule has 1 amide bonds. The maximum atomic E-state index is 11.9. The molecule has 0 aromatic rings. The van der Waals surface area contributed by atoms with Crippen molar-refractivity contribution in [2.45, 2.75) is 20.0 Å². The maximum absolute atomic E-state index is 11.9. The number of rotatable bonds is 5. The second-order valence-electron chi connectivity index (χ2n) is 3.66. The molecule has 0 rings (SSSR count). The summed E-state index contributed by atoms with van der Waals surface area (Å²) in [5.74, 6) is -2.97. The summed E-state index contributed by atoms with van der Waals surface area (Å²) in [5, 5.41) is 1.78. The van der Waals surface area contributed by atoms with Crippen LogP contribution in [0.2, 0.25) is 0 Å². The molecule has 0 saturated heterocycles. The third-order valence-corrected chi connectivity index (χ3v) is 2.64. The number of hydrogen-bond acceptors (Lipinski definition) is 2. The van der Waals surface area contributed by atoms with Crippen LogP contribution >= 0.6 is 15.9 Å². The highest BCUT2D eigenvalue weighted by molar-refractivity contribution is 9.09. The predicted octanol–water partition coefficient (Wildman–Crippen LogP) is 1.90. The van der Waals surface area contributed by atoms with Crippen molar-refractivity contribution in [1.29, 1.82) is 0 Å². The fourth-order valence-corrected chi connectivity index (χ4v) is 1.54. The average Bonchev–Trinajstić information content (AvgIpc) is 2.15. The molecule has 0 fully saturated rings. The van der Waals surface area contributed by atoms with Crippen LogP contribution in [0.5, 0.6) is 0 Å². The molecule has 1 atom stereocenters. The predicted molar refractivity (Wildman–Crippen MR) is 56.2 cm³/mol. The fourth-order valence-electron chi connectivity index (χ4n) is 1.12. The van der Waals surface area contributed by atoms with Gasteiger partial charge in [-0.05, 0) is 5.92 Å². The van der Waals surface area contributed by atoms with E-state index in [1.807, 2.05) is 0 Å². The molecule has 16 heavy (non-hydrogen) atoms.